The summed E-state index contributed by atoms with van der Waals surface area (Å²) in [5.74, 6) is 0.993. The number of benzene rings is 2. The van der Waals surface area contributed by atoms with Gasteiger partial charge in [0.2, 0.25) is 10.0 Å². The molecule has 0 saturated carbocycles. The first-order chi connectivity index (χ1) is 15.9. The van der Waals surface area contributed by atoms with Gasteiger partial charge in [0.1, 0.15) is 0 Å². The van der Waals surface area contributed by atoms with Crippen LogP contribution in [0.1, 0.15) is 37.8 Å². The lowest BCUT2D eigenvalue weighted by atomic mass is 10.1. The number of sulfonamides is 1. The number of ether oxygens (including phenoxy) is 2. The molecule has 2 rings (SSSR count). The van der Waals surface area contributed by atoms with Crippen molar-refractivity contribution in [1.82, 2.24) is 0 Å². The average Bonchev–Trinajstić information content (AvgIpc) is 2.76. The molecule has 0 amide bonds. The molecule has 6 nitrogen and oxygen atoms in total. The van der Waals surface area contributed by atoms with E-state index >= 15 is 0 Å². The van der Waals surface area contributed by atoms with Crippen molar-refractivity contribution in [2.75, 3.05) is 32.2 Å². The molecule has 0 bridgehead atoms. The number of primary sulfonamides is 1. The minimum Gasteiger partial charge on any atom is -0.493 e. The lowest BCUT2D eigenvalue weighted by molar-refractivity contribution is -0.137. The summed E-state index contributed by atoms with van der Waals surface area (Å²) in [4.78, 5) is 1.79. The number of anilines is 1. The maximum atomic E-state index is 13.3. The molecule has 0 aliphatic heterocycles. The Balaban J connectivity index is 2.22. The Hall–Kier alpha value is -2.46. The molecule has 1 atom stereocenters. The lowest BCUT2D eigenvalue weighted by Gasteiger charge is -2.28. The Bertz CT molecular complexity index is 1040. The van der Waals surface area contributed by atoms with Gasteiger partial charge in [-0.1, -0.05) is 26.0 Å². The molecule has 0 radical (unpaired) electrons. The van der Waals surface area contributed by atoms with Gasteiger partial charge in [0.15, 0.2) is 11.5 Å². The Morgan fingerprint density at radius 1 is 1.00 bits per heavy atom. The van der Waals surface area contributed by atoms with E-state index in [1.165, 1.54) is 6.07 Å². The molecule has 34 heavy (non-hydrogen) atoms. The van der Waals surface area contributed by atoms with Gasteiger partial charge in [-0.15, -0.1) is 0 Å². The van der Waals surface area contributed by atoms with Crippen LogP contribution in [-0.4, -0.2) is 41.0 Å². The van der Waals surface area contributed by atoms with Crippen molar-refractivity contribution in [1.29, 1.82) is 0 Å². The molecular formula is C24H33F3N2O4S. The quantitative estimate of drug-likeness (QED) is 0.448. The third kappa shape index (κ3) is 7.80. The Morgan fingerprint density at radius 3 is 2.24 bits per heavy atom. The number of halogens is 3. The predicted molar refractivity (Wildman–Crippen MR) is 128 cm³/mol. The highest BCUT2D eigenvalue weighted by molar-refractivity contribution is 7.89. The number of rotatable bonds is 12. The van der Waals surface area contributed by atoms with Crippen LogP contribution in [0.5, 0.6) is 11.5 Å². The highest BCUT2D eigenvalue weighted by Gasteiger charge is 2.31. The fourth-order valence-corrected chi connectivity index (χ4v) is 5.11. The van der Waals surface area contributed by atoms with E-state index in [0.717, 1.165) is 17.7 Å². The molecule has 0 aromatic heterocycles. The number of alkyl halides is 3. The number of methoxy groups -OCH3 is 2. The van der Waals surface area contributed by atoms with Gasteiger partial charge < -0.3 is 14.4 Å². The maximum absolute atomic E-state index is 13.3. The zero-order chi connectivity index (χ0) is 25.5. The summed E-state index contributed by atoms with van der Waals surface area (Å²) in [5.41, 5.74) is 0.632. The first-order valence-corrected chi connectivity index (χ1v) is 12.6. The summed E-state index contributed by atoms with van der Waals surface area (Å²) in [5, 5.41) is 4.61. The standard InChI is InChI=1S/C24H33F3N2O4S/c1-17(2)23(34(28,30)31)12-14-29(20-9-5-8-19(16-20)24(25,26)27)13-6-7-18-10-11-21(32-3)22(15-18)33-4/h5,8-11,15-17,23H,6-7,12-14H2,1-4H3,(H2,28,30,31). The summed E-state index contributed by atoms with van der Waals surface area (Å²) >= 11 is 0. The monoisotopic (exact) mass is 502 g/mol. The van der Waals surface area contributed by atoms with Crippen LogP contribution in [0.3, 0.4) is 0 Å². The highest BCUT2D eigenvalue weighted by Crippen LogP contribution is 2.32. The van der Waals surface area contributed by atoms with Crippen molar-refractivity contribution < 1.29 is 31.1 Å². The van der Waals surface area contributed by atoms with E-state index in [0.29, 0.717) is 36.6 Å². The minimum atomic E-state index is -4.47. The third-order valence-corrected chi connectivity index (χ3v) is 7.35. The van der Waals surface area contributed by atoms with Crippen molar-refractivity contribution in [3.8, 4) is 11.5 Å². The summed E-state index contributed by atoms with van der Waals surface area (Å²) in [6, 6.07) is 10.7. The van der Waals surface area contributed by atoms with Crippen LogP contribution in [0, 0.1) is 5.92 Å². The zero-order valence-electron chi connectivity index (χ0n) is 19.9. The van der Waals surface area contributed by atoms with Crippen molar-refractivity contribution in [3.05, 3.63) is 53.6 Å². The van der Waals surface area contributed by atoms with Gasteiger partial charge in [0, 0.05) is 18.8 Å². The summed E-state index contributed by atoms with van der Waals surface area (Å²) in [7, 11) is -0.682. The molecule has 0 aliphatic rings. The van der Waals surface area contributed by atoms with E-state index in [-0.39, 0.29) is 18.9 Å². The van der Waals surface area contributed by atoms with Crippen LogP contribution < -0.4 is 19.5 Å². The van der Waals surface area contributed by atoms with Crippen molar-refractivity contribution in [2.24, 2.45) is 11.1 Å². The van der Waals surface area contributed by atoms with E-state index in [2.05, 4.69) is 0 Å². The van der Waals surface area contributed by atoms with E-state index in [9.17, 15) is 21.6 Å². The van der Waals surface area contributed by atoms with Gasteiger partial charge in [-0.3, -0.25) is 0 Å². The normalized spacial score (nSPS) is 13.1. The van der Waals surface area contributed by atoms with Gasteiger partial charge >= 0.3 is 6.18 Å². The largest absolute Gasteiger partial charge is 0.493 e. The third-order valence-electron chi connectivity index (χ3n) is 5.73. The van der Waals surface area contributed by atoms with E-state index in [1.54, 1.807) is 45.1 Å². The maximum Gasteiger partial charge on any atom is 0.416 e. The SMILES string of the molecule is COc1ccc(CCCN(CCC(C(C)C)S(N)(=O)=O)c2cccc(C(F)(F)F)c2)cc1OC. The van der Waals surface area contributed by atoms with Crippen molar-refractivity contribution in [3.63, 3.8) is 0 Å². The van der Waals surface area contributed by atoms with Crippen LogP contribution in [0.4, 0.5) is 18.9 Å². The van der Waals surface area contributed by atoms with Crippen LogP contribution in [0.25, 0.3) is 0 Å². The number of nitrogens with two attached hydrogens (primary N) is 1. The fraction of sp³-hybridized carbons (Fsp3) is 0.500. The van der Waals surface area contributed by atoms with Crippen LogP contribution in [0.2, 0.25) is 0 Å². The van der Waals surface area contributed by atoms with Crippen molar-refractivity contribution in [2.45, 2.75) is 44.5 Å². The molecule has 0 spiro atoms. The van der Waals surface area contributed by atoms with Crippen LogP contribution >= 0.6 is 0 Å². The van der Waals surface area contributed by atoms with Crippen LogP contribution in [0.15, 0.2) is 42.5 Å². The van der Waals surface area contributed by atoms with Gasteiger partial charge in [0.05, 0.1) is 25.0 Å². The molecule has 2 N–H and O–H groups in total. The minimum absolute atomic E-state index is 0.211. The molecule has 10 heteroatoms. The molecule has 0 aliphatic carbocycles. The fourth-order valence-electron chi connectivity index (χ4n) is 3.92. The molecule has 1 unspecified atom stereocenters. The molecule has 0 saturated heterocycles. The van der Waals surface area contributed by atoms with Gasteiger partial charge in [-0.2, -0.15) is 13.2 Å². The molecule has 0 heterocycles. The van der Waals surface area contributed by atoms with Crippen LogP contribution in [-0.2, 0) is 22.6 Å². The Morgan fingerprint density at radius 2 is 1.68 bits per heavy atom. The first-order valence-electron chi connectivity index (χ1n) is 11.0. The molecule has 190 valence electrons. The highest BCUT2D eigenvalue weighted by atomic mass is 32.2. The van der Waals surface area contributed by atoms with Gasteiger partial charge in [-0.25, -0.2) is 13.6 Å². The Labute approximate surface area is 199 Å². The van der Waals surface area contributed by atoms with Gasteiger partial charge in [0.25, 0.3) is 0 Å². The average molecular weight is 503 g/mol. The first kappa shape index (κ1) is 27.8. The second-order valence-electron chi connectivity index (χ2n) is 8.49. The van der Waals surface area contributed by atoms with Gasteiger partial charge in [-0.05, 0) is 61.1 Å². The number of nitrogens with zero attached hydrogens (tertiary/aromatic N) is 1. The second kappa shape index (κ2) is 11.8. The van der Waals surface area contributed by atoms with E-state index < -0.39 is 27.0 Å². The zero-order valence-corrected chi connectivity index (χ0v) is 20.7. The topological polar surface area (TPSA) is 81.9 Å². The van der Waals surface area contributed by atoms with E-state index in [1.807, 2.05) is 12.1 Å². The number of hydrogen-bond donors (Lipinski definition) is 1. The second-order valence-corrected chi connectivity index (χ2v) is 10.3. The lowest BCUT2D eigenvalue weighted by Crippen LogP contribution is -2.37. The summed E-state index contributed by atoms with van der Waals surface area (Å²) in [6.45, 7) is 4.22. The molecular weight excluding hydrogens is 469 g/mol. The predicted octanol–water partition coefficient (Wildman–Crippen LogP) is 4.87. The molecule has 0 fully saturated rings. The van der Waals surface area contributed by atoms with Crippen molar-refractivity contribution >= 4 is 15.7 Å². The molecule has 2 aromatic carbocycles. The number of hydrogen-bond acceptors (Lipinski definition) is 5. The Kier molecular flexibility index (Phi) is 9.64. The smallest absolute Gasteiger partial charge is 0.416 e. The van der Waals surface area contributed by atoms with E-state index in [4.69, 9.17) is 14.6 Å². The molecule has 2 aromatic rings. The summed E-state index contributed by atoms with van der Waals surface area (Å²) < 4.78 is 74.4. The number of aryl methyl sites for hydroxylation is 1. The summed E-state index contributed by atoms with van der Waals surface area (Å²) in [6.07, 6.45) is -2.97.